The minimum atomic E-state index is -0.578. The number of hydrogen-bond acceptors (Lipinski definition) is 6. The molecule has 9 heteroatoms. The molecule has 3 rings (SSSR count). The maximum Gasteiger partial charge on any atom is 0.354 e. The van der Waals surface area contributed by atoms with E-state index >= 15 is 0 Å². The van der Waals surface area contributed by atoms with Crippen LogP contribution in [0.15, 0.2) is 48.9 Å². The number of aromatic nitrogens is 4. The first-order valence-electron chi connectivity index (χ1n) is 8.40. The van der Waals surface area contributed by atoms with Crippen molar-refractivity contribution in [2.45, 2.75) is 13.5 Å². The summed E-state index contributed by atoms with van der Waals surface area (Å²) in [6, 6.07) is 7.23. The van der Waals surface area contributed by atoms with Gasteiger partial charge in [-0.15, -0.1) is 0 Å². The number of aliphatic hydroxyl groups excluding tert-OH is 1. The third kappa shape index (κ3) is 4.32. The summed E-state index contributed by atoms with van der Waals surface area (Å²) in [4.78, 5) is 28.0. The molecule has 0 saturated heterocycles. The highest BCUT2D eigenvalue weighted by Gasteiger charge is 2.18. The van der Waals surface area contributed by atoms with Crippen LogP contribution in [0.4, 0.5) is 4.39 Å². The Balaban J connectivity index is 1.92. The first-order valence-corrected chi connectivity index (χ1v) is 8.40. The molecule has 0 aliphatic heterocycles. The SMILES string of the molecule is CCOC(=O)c1cc(C(O)=CC(=O)c2ncn[nH]2)cn1Cc1ccc(F)cc1. The van der Waals surface area contributed by atoms with Gasteiger partial charge in [0.15, 0.2) is 5.82 Å². The van der Waals surface area contributed by atoms with Crippen molar-refractivity contribution < 1.29 is 23.8 Å². The Hall–Kier alpha value is -3.75. The van der Waals surface area contributed by atoms with Crippen LogP contribution < -0.4 is 0 Å². The summed E-state index contributed by atoms with van der Waals surface area (Å²) >= 11 is 0. The number of ketones is 1. The molecule has 144 valence electrons. The predicted octanol–water partition coefficient (Wildman–Crippen LogP) is 2.75. The van der Waals surface area contributed by atoms with E-state index in [-0.39, 0.29) is 41.8 Å². The van der Waals surface area contributed by atoms with Gasteiger partial charge in [-0.05, 0) is 30.7 Å². The van der Waals surface area contributed by atoms with Crippen LogP contribution >= 0.6 is 0 Å². The molecule has 28 heavy (non-hydrogen) atoms. The van der Waals surface area contributed by atoms with Crippen LogP contribution in [0.1, 0.15) is 39.2 Å². The molecule has 0 unspecified atom stereocenters. The number of carbonyl (C=O) groups is 2. The normalized spacial score (nSPS) is 11.4. The fourth-order valence-electron chi connectivity index (χ4n) is 2.54. The number of aliphatic hydroxyl groups is 1. The quantitative estimate of drug-likeness (QED) is 0.281. The van der Waals surface area contributed by atoms with Crippen LogP contribution in [0.3, 0.4) is 0 Å². The standard InChI is InChI=1S/C19H17FN4O4/c1-2-28-19(27)15-7-13(16(25)8-17(26)18-21-11-22-23-18)10-24(15)9-12-3-5-14(20)6-4-12/h3-8,10-11,25H,2,9H2,1H3,(H,21,22,23). The summed E-state index contributed by atoms with van der Waals surface area (Å²) in [6.07, 6.45) is 3.66. The van der Waals surface area contributed by atoms with Gasteiger partial charge in [-0.3, -0.25) is 9.89 Å². The van der Waals surface area contributed by atoms with Gasteiger partial charge in [-0.25, -0.2) is 14.2 Å². The van der Waals surface area contributed by atoms with Crippen LogP contribution in [-0.2, 0) is 11.3 Å². The van der Waals surface area contributed by atoms with E-state index in [4.69, 9.17) is 4.74 Å². The second kappa shape index (κ2) is 8.30. The molecule has 2 heterocycles. The zero-order valence-corrected chi connectivity index (χ0v) is 14.9. The Morgan fingerprint density at radius 1 is 1.32 bits per heavy atom. The number of nitrogens with one attached hydrogen (secondary N) is 1. The van der Waals surface area contributed by atoms with Crippen LogP contribution in [0.2, 0.25) is 0 Å². The Labute approximate surface area is 159 Å². The van der Waals surface area contributed by atoms with Crippen LogP contribution in [0.25, 0.3) is 5.76 Å². The van der Waals surface area contributed by atoms with Gasteiger partial charge >= 0.3 is 5.97 Å². The second-order valence-corrected chi connectivity index (χ2v) is 5.82. The van der Waals surface area contributed by atoms with E-state index < -0.39 is 11.8 Å². The van der Waals surface area contributed by atoms with E-state index in [0.29, 0.717) is 0 Å². The van der Waals surface area contributed by atoms with Crippen molar-refractivity contribution in [2.24, 2.45) is 0 Å². The molecule has 0 bridgehead atoms. The molecule has 0 atom stereocenters. The average Bonchev–Trinajstić information content (AvgIpc) is 3.34. The number of carbonyl (C=O) groups excluding carboxylic acids is 2. The third-order valence-electron chi connectivity index (χ3n) is 3.86. The van der Waals surface area contributed by atoms with Crippen molar-refractivity contribution in [1.29, 1.82) is 0 Å². The molecule has 0 radical (unpaired) electrons. The molecule has 3 aromatic rings. The Morgan fingerprint density at radius 3 is 2.71 bits per heavy atom. The fraction of sp³-hybridized carbons (Fsp3) is 0.158. The van der Waals surface area contributed by atoms with Gasteiger partial charge in [0.2, 0.25) is 5.78 Å². The minimum absolute atomic E-state index is 0.0251. The molecule has 2 N–H and O–H groups in total. The number of halogens is 1. The van der Waals surface area contributed by atoms with Gasteiger partial charge in [0, 0.05) is 24.4 Å². The summed E-state index contributed by atoms with van der Waals surface area (Å²) in [5.74, 6) is -1.88. The van der Waals surface area contributed by atoms with E-state index in [1.807, 2.05) is 0 Å². The largest absolute Gasteiger partial charge is 0.507 e. The van der Waals surface area contributed by atoms with E-state index in [1.54, 1.807) is 23.6 Å². The second-order valence-electron chi connectivity index (χ2n) is 5.82. The Kier molecular flexibility index (Phi) is 5.64. The smallest absolute Gasteiger partial charge is 0.354 e. The number of benzene rings is 1. The lowest BCUT2D eigenvalue weighted by atomic mass is 10.2. The minimum Gasteiger partial charge on any atom is -0.507 e. The number of allylic oxidation sites excluding steroid dienone is 1. The summed E-state index contributed by atoms with van der Waals surface area (Å²) in [6.45, 7) is 2.11. The first kappa shape index (κ1) is 19.0. The van der Waals surface area contributed by atoms with Gasteiger partial charge in [-0.2, -0.15) is 5.10 Å². The molecule has 0 saturated carbocycles. The molecule has 0 amide bonds. The molecule has 2 aromatic heterocycles. The topological polar surface area (TPSA) is 110 Å². The zero-order chi connectivity index (χ0) is 20.1. The van der Waals surface area contributed by atoms with Crippen LogP contribution in [0.5, 0.6) is 0 Å². The van der Waals surface area contributed by atoms with E-state index in [1.165, 1.54) is 30.7 Å². The number of hydrogen-bond donors (Lipinski definition) is 2. The van der Waals surface area contributed by atoms with Crippen molar-refractivity contribution in [2.75, 3.05) is 6.61 Å². The Bertz CT molecular complexity index is 1010. The summed E-state index contributed by atoms with van der Waals surface area (Å²) in [5, 5.41) is 16.3. The summed E-state index contributed by atoms with van der Waals surface area (Å²) in [5.41, 5.74) is 1.18. The highest BCUT2D eigenvalue weighted by molar-refractivity contribution is 6.05. The van der Waals surface area contributed by atoms with Crippen LogP contribution in [-0.4, -0.2) is 43.2 Å². The maximum atomic E-state index is 13.1. The van der Waals surface area contributed by atoms with Crippen molar-refractivity contribution in [1.82, 2.24) is 19.7 Å². The molecule has 0 fully saturated rings. The number of esters is 1. The van der Waals surface area contributed by atoms with Gasteiger partial charge < -0.3 is 14.4 Å². The number of aromatic amines is 1. The predicted molar refractivity (Wildman–Crippen MR) is 97.2 cm³/mol. The van der Waals surface area contributed by atoms with Crippen molar-refractivity contribution in [3.05, 3.63) is 77.4 Å². The molecule has 0 aliphatic carbocycles. The lowest BCUT2D eigenvalue weighted by Gasteiger charge is -2.08. The number of nitrogens with zero attached hydrogens (tertiary/aromatic N) is 3. The molecule has 0 aliphatic rings. The zero-order valence-electron chi connectivity index (χ0n) is 14.9. The first-order chi connectivity index (χ1) is 13.5. The third-order valence-corrected chi connectivity index (χ3v) is 3.86. The number of rotatable bonds is 7. The Morgan fingerprint density at radius 2 is 2.07 bits per heavy atom. The fourth-order valence-corrected chi connectivity index (χ4v) is 2.54. The molecule has 8 nitrogen and oxygen atoms in total. The molecule has 1 aromatic carbocycles. The van der Waals surface area contributed by atoms with Crippen molar-refractivity contribution in [3.63, 3.8) is 0 Å². The maximum absolute atomic E-state index is 13.1. The monoisotopic (exact) mass is 384 g/mol. The number of H-pyrrole nitrogens is 1. The lowest BCUT2D eigenvalue weighted by Crippen LogP contribution is -2.12. The lowest BCUT2D eigenvalue weighted by molar-refractivity contribution is 0.0514. The van der Waals surface area contributed by atoms with Gasteiger partial charge in [0.25, 0.3) is 0 Å². The highest BCUT2D eigenvalue weighted by Crippen LogP contribution is 2.19. The molecule has 0 spiro atoms. The van der Waals surface area contributed by atoms with Crippen molar-refractivity contribution in [3.8, 4) is 0 Å². The van der Waals surface area contributed by atoms with Gasteiger partial charge in [0.1, 0.15) is 23.6 Å². The average molecular weight is 384 g/mol. The van der Waals surface area contributed by atoms with E-state index in [0.717, 1.165) is 11.6 Å². The highest BCUT2D eigenvalue weighted by atomic mass is 19.1. The van der Waals surface area contributed by atoms with E-state index in [9.17, 15) is 19.1 Å². The van der Waals surface area contributed by atoms with Gasteiger partial charge in [-0.1, -0.05) is 12.1 Å². The van der Waals surface area contributed by atoms with Crippen molar-refractivity contribution >= 4 is 17.5 Å². The van der Waals surface area contributed by atoms with Gasteiger partial charge in [0.05, 0.1) is 6.61 Å². The summed E-state index contributed by atoms with van der Waals surface area (Å²) < 4.78 is 19.7. The number of ether oxygens (including phenoxy) is 1. The van der Waals surface area contributed by atoms with Crippen LogP contribution in [0, 0.1) is 5.82 Å². The molecular weight excluding hydrogens is 367 g/mol. The van der Waals surface area contributed by atoms with E-state index in [2.05, 4.69) is 15.2 Å². The molecular formula is C19H17FN4O4. The summed E-state index contributed by atoms with van der Waals surface area (Å²) in [7, 11) is 0.